The highest BCUT2D eigenvalue weighted by atomic mass is 32.1. The molecule has 1 N–H and O–H groups in total. The molecule has 2 saturated heterocycles. The monoisotopic (exact) mass is 614 g/mol. The van der Waals surface area contributed by atoms with Crippen molar-refractivity contribution in [2.45, 2.75) is 52.7 Å². The van der Waals surface area contributed by atoms with E-state index < -0.39 is 5.97 Å². The molecule has 8 nitrogen and oxygen atoms in total. The van der Waals surface area contributed by atoms with Gasteiger partial charge in [0.25, 0.3) is 0 Å². The highest BCUT2D eigenvalue weighted by Gasteiger charge is 2.46. The number of benzene rings is 2. The Morgan fingerprint density at radius 1 is 0.977 bits per heavy atom. The number of aromatic nitrogens is 1. The average Bonchev–Trinajstić information content (AvgIpc) is 3.68. The molecule has 1 aromatic heterocycles. The first-order valence-corrected chi connectivity index (χ1v) is 17.0. The van der Waals surface area contributed by atoms with Crippen molar-refractivity contribution in [2.24, 2.45) is 23.7 Å². The molecule has 2 aromatic carbocycles. The second-order valence-corrected chi connectivity index (χ2v) is 14.1. The first kappa shape index (κ1) is 29.3. The number of anilines is 1. The number of hydrogen-bond donors (Lipinski definition) is 1. The van der Waals surface area contributed by atoms with Crippen molar-refractivity contribution in [3.05, 3.63) is 64.0 Å². The van der Waals surface area contributed by atoms with Gasteiger partial charge in [-0.25, -0.2) is 4.98 Å². The maximum Gasteiger partial charge on any atom is 0.307 e. The number of carboxylic acid groups (broad SMARTS) is 1. The number of aryl methyl sites for hydroxylation is 2. The van der Waals surface area contributed by atoms with Gasteiger partial charge in [-0.1, -0.05) is 29.8 Å². The number of carbonyl (C=O) groups is 2. The van der Waals surface area contributed by atoms with Gasteiger partial charge in [-0.15, -0.1) is 11.3 Å². The van der Waals surface area contributed by atoms with Crippen molar-refractivity contribution >= 4 is 28.3 Å². The first-order chi connectivity index (χ1) is 21.3. The zero-order chi connectivity index (χ0) is 30.4. The quantitative estimate of drug-likeness (QED) is 0.336. The molecule has 44 heavy (non-hydrogen) atoms. The van der Waals surface area contributed by atoms with Crippen LogP contribution in [0.2, 0.25) is 0 Å². The summed E-state index contributed by atoms with van der Waals surface area (Å²) < 4.78 is 6.44. The van der Waals surface area contributed by atoms with Gasteiger partial charge >= 0.3 is 5.97 Å². The van der Waals surface area contributed by atoms with Crippen LogP contribution in [-0.4, -0.2) is 71.0 Å². The number of carbonyl (C=O) groups excluding carboxylic acids is 1. The summed E-state index contributed by atoms with van der Waals surface area (Å²) in [7, 11) is 0. The Kier molecular flexibility index (Phi) is 8.10. The van der Waals surface area contributed by atoms with Crippen molar-refractivity contribution in [3.8, 4) is 17.0 Å². The second-order valence-electron chi connectivity index (χ2n) is 13.3. The minimum Gasteiger partial charge on any atom is -0.488 e. The Balaban J connectivity index is 0.983. The minimum atomic E-state index is -0.639. The van der Waals surface area contributed by atoms with Gasteiger partial charge in [-0.2, -0.15) is 0 Å². The molecule has 232 valence electrons. The van der Waals surface area contributed by atoms with Crippen molar-refractivity contribution in [1.82, 2.24) is 14.8 Å². The summed E-state index contributed by atoms with van der Waals surface area (Å²) in [6.07, 6.45) is 4.13. The standard InChI is InChI=1S/C35H42N4O4S/c1-22-3-10-31(29(15-22)30-21-44-35(36-30)39-18-26-8-9-27(19-39)32(26)34(41)42)43-20-28-5-4-24(16-23(28)2)17-37-11-13-38(14-12-37)33(40)25-6-7-25/h3-5,10,15-16,21,25-27,32H,6-9,11-14,17-20H2,1-2H3,(H,41,42)/t26-,27+,32+. The van der Waals surface area contributed by atoms with Crippen LogP contribution in [0, 0.1) is 37.5 Å². The fourth-order valence-corrected chi connectivity index (χ4v) is 8.28. The average molecular weight is 615 g/mol. The summed E-state index contributed by atoms with van der Waals surface area (Å²) in [6, 6.07) is 12.9. The van der Waals surface area contributed by atoms with E-state index in [1.807, 2.05) is 6.07 Å². The molecule has 3 aromatic rings. The predicted octanol–water partition coefficient (Wildman–Crippen LogP) is 5.61. The van der Waals surface area contributed by atoms with Gasteiger partial charge in [0.1, 0.15) is 12.4 Å². The molecule has 0 spiro atoms. The number of piperidine rings is 1. The van der Waals surface area contributed by atoms with Crippen molar-refractivity contribution in [3.63, 3.8) is 0 Å². The largest absolute Gasteiger partial charge is 0.488 e. The van der Waals surface area contributed by atoms with E-state index in [0.29, 0.717) is 18.4 Å². The maximum atomic E-state index is 12.4. The molecule has 2 aliphatic carbocycles. The van der Waals surface area contributed by atoms with E-state index in [2.05, 4.69) is 64.3 Å². The molecular weight excluding hydrogens is 572 g/mol. The molecule has 7 rings (SSSR count). The lowest BCUT2D eigenvalue weighted by Gasteiger charge is -2.35. The zero-order valence-electron chi connectivity index (χ0n) is 25.7. The number of thiazole rings is 1. The lowest BCUT2D eigenvalue weighted by atomic mass is 9.85. The summed E-state index contributed by atoms with van der Waals surface area (Å²) in [5.41, 5.74) is 6.72. The highest BCUT2D eigenvalue weighted by molar-refractivity contribution is 7.14. The molecule has 1 amide bonds. The maximum absolute atomic E-state index is 12.4. The van der Waals surface area contributed by atoms with Crippen LogP contribution in [0.3, 0.4) is 0 Å². The number of fused-ring (bicyclic) bond motifs is 2. The van der Waals surface area contributed by atoms with Crippen LogP contribution in [0.25, 0.3) is 11.3 Å². The third-order valence-corrected chi connectivity index (χ3v) is 11.0. The summed E-state index contributed by atoms with van der Waals surface area (Å²) >= 11 is 1.63. The van der Waals surface area contributed by atoms with E-state index >= 15 is 0 Å². The number of hydrogen-bond acceptors (Lipinski definition) is 7. The van der Waals surface area contributed by atoms with E-state index in [9.17, 15) is 14.7 Å². The van der Waals surface area contributed by atoms with E-state index in [0.717, 1.165) is 105 Å². The Labute approximate surface area is 263 Å². The van der Waals surface area contributed by atoms with Gasteiger partial charge in [-0.05, 0) is 80.2 Å². The van der Waals surface area contributed by atoms with Crippen LogP contribution in [0.1, 0.15) is 47.9 Å². The predicted molar refractivity (Wildman–Crippen MR) is 172 cm³/mol. The smallest absolute Gasteiger partial charge is 0.307 e. The van der Waals surface area contributed by atoms with Gasteiger partial charge in [0.2, 0.25) is 5.91 Å². The molecule has 0 radical (unpaired) electrons. The lowest BCUT2D eigenvalue weighted by molar-refractivity contribution is -0.144. The molecule has 3 atom stereocenters. The minimum absolute atomic E-state index is 0.207. The van der Waals surface area contributed by atoms with Gasteiger partial charge in [0, 0.05) is 62.7 Å². The number of nitrogens with zero attached hydrogens (tertiary/aromatic N) is 4. The van der Waals surface area contributed by atoms with Crippen LogP contribution >= 0.6 is 11.3 Å². The molecule has 2 saturated carbocycles. The van der Waals surface area contributed by atoms with Crippen LogP contribution in [-0.2, 0) is 22.7 Å². The van der Waals surface area contributed by atoms with Crippen molar-refractivity contribution in [1.29, 1.82) is 0 Å². The number of aliphatic carboxylic acids is 1. The van der Waals surface area contributed by atoms with Gasteiger partial charge < -0.3 is 19.6 Å². The fourth-order valence-electron chi connectivity index (χ4n) is 7.43. The number of amides is 1. The van der Waals surface area contributed by atoms with E-state index in [1.54, 1.807) is 11.3 Å². The van der Waals surface area contributed by atoms with E-state index in [4.69, 9.17) is 9.72 Å². The summed E-state index contributed by atoms with van der Waals surface area (Å²) in [4.78, 5) is 36.0. The summed E-state index contributed by atoms with van der Waals surface area (Å²) in [5.74, 6) is 1.05. The highest BCUT2D eigenvalue weighted by Crippen LogP contribution is 2.44. The number of ether oxygens (including phenoxy) is 1. The van der Waals surface area contributed by atoms with E-state index in [-0.39, 0.29) is 17.8 Å². The molecule has 2 aliphatic heterocycles. The third kappa shape index (κ3) is 6.09. The van der Waals surface area contributed by atoms with Crippen LogP contribution in [0.4, 0.5) is 5.13 Å². The van der Waals surface area contributed by atoms with Crippen molar-refractivity contribution in [2.75, 3.05) is 44.2 Å². The van der Waals surface area contributed by atoms with Crippen LogP contribution in [0.15, 0.2) is 41.8 Å². The summed E-state index contributed by atoms with van der Waals surface area (Å²) in [5, 5.41) is 12.8. The van der Waals surface area contributed by atoms with Gasteiger partial charge in [0.15, 0.2) is 5.13 Å². The number of carboxylic acids is 1. The molecule has 9 heteroatoms. The van der Waals surface area contributed by atoms with Crippen molar-refractivity contribution < 1.29 is 19.4 Å². The number of rotatable bonds is 9. The fraction of sp³-hybridized carbons (Fsp3) is 0.514. The van der Waals surface area contributed by atoms with Crippen LogP contribution in [0.5, 0.6) is 5.75 Å². The van der Waals surface area contributed by atoms with Crippen LogP contribution < -0.4 is 9.64 Å². The zero-order valence-corrected chi connectivity index (χ0v) is 26.5. The SMILES string of the molecule is Cc1ccc(OCc2ccc(CN3CCN(C(=O)C4CC4)CC3)cc2C)c(-c2csc(N3C[C@H]4CC[C@@H](C3)[C@H]4C(=O)O)n2)c1. The third-order valence-electron chi connectivity index (χ3n) is 10.1. The second kappa shape index (κ2) is 12.2. The first-order valence-electron chi connectivity index (χ1n) is 16.1. The molecule has 4 aliphatic rings. The number of piperazine rings is 1. The Hall–Kier alpha value is -3.43. The van der Waals surface area contributed by atoms with E-state index in [1.165, 1.54) is 11.1 Å². The van der Waals surface area contributed by atoms with Gasteiger partial charge in [-0.3, -0.25) is 14.5 Å². The summed E-state index contributed by atoms with van der Waals surface area (Å²) in [6.45, 7) is 10.7. The normalized spacial score (nSPS) is 23.6. The van der Waals surface area contributed by atoms with Gasteiger partial charge in [0.05, 0.1) is 11.6 Å². The molecule has 2 bridgehead atoms. The molecule has 3 heterocycles. The lowest BCUT2D eigenvalue weighted by Crippen LogP contribution is -2.48. The Morgan fingerprint density at radius 3 is 2.41 bits per heavy atom. The molecule has 4 fully saturated rings. The Bertz CT molecular complexity index is 1530. The topological polar surface area (TPSA) is 86.2 Å². The Morgan fingerprint density at radius 2 is 1.73 bits per heavy atom. The molecular formula is C35H42N4O4S. The molecule has 0 unspecified atom stereocenters.